The predicted molar refractivity (Wildman–Crippen MR) is 84.3 cm³/mol. The lowest BCUT2D eigenvalue weighted by Crippen LogP contribution is -2.16. The average Bonchev–Trinajstić information content (AvgIpc) is 3.16. The average molecular weight is 296 g/mol. The van der Waals surface area contributed by atoms with Crippen LogP contribution in [0, 0.1) is 5.82 Å². The lowest BCUT2D eigenvalue weighted by molar-refractivity contribution is 0.628. The lowest BCUT2D eigenvalue weighted by Gasteiger charge is -2.12. The molecule has 1 aromatic carbocycles. The molecule has 2 heterocycles. The van der Waals surface area contributed by atoms with E-state index in [1.807, 2.05) is 18.2 Å². The summed E-state index contributed by atoms with van der Waals surface area (Å²) in [5.41, 5.74) is 2.33. The molecule has 0 spiro atoms. The molecule has 22 heavy (non-hydrogen) atoms. The molecule has 0 bridgehead atoms. The fraction of sp³-hybridized carbons (Fsp3) is 0.294. The predicted octanol–water partition coefficient (Wildman–Crippen LogP) is 3.89. The monoisotopic (exact) mass is 296 g/mol. The summed E-state index contributed by atoms with van der Waals surface area (Å²) >= 11 is 0. The summed E-state index contributed by atoms with van der Waals surface area (Å²) in [6.45, 7) is 0. The van der Waals surface area contributed by atoms with E-state index in [0.29, 0.717) is 6.04 Å². The molecular weight excluding hydrogens is 279 g/mol. The fourth-order valence-corrected chi connectivity index (χ4v) is 3.07. The van der Waals surface area contributed by atoms with Crippen LogP contribution in [0.5, 0.6) is 0 Å². The van der Waals surface area contributed by atoms with Crippen molar-refractivity contribution in [2.45, 2.75) is 31.7 Å². The Morgan fingerprint density at radius 1 is 1.14 bits per heavy atom. The third kappa shape index (κ3) is 2.43. The molecule has 4 rings (SSSR count). The minimum Gasteiger partial charge on any atom is -0.366 e. The molecular formula is C17H17FN4. The molecule has 0 saturated heterocycles. The Labute approximate surface area is 128 Å². The molecule has 3 aromatic rings. The number of halogens is 1. The van der Waals surface area contributed by atoms with Crippen molar-refractivity contribution in [1.82, 2.24) is 14.6 Å². The van der Waals surface area contributed by atoms with Crippen LogP contribution in [-0.4, -0.2) is 20.6 Å². The highest BCUT2D eigenvalue weighted by Crippen LogP contribution is 2.24. The molecule has 0 aliphatic heterocycles. The number of aromatic nitrogens is 3. The maximum absolute atomic E-state index is 13.4. The van der Waals surface area contributed by atoms with Gasteiger partial charge >= 0.3 is 0 Å². The van der Waals surface area contributed by atoms with E-state index >= 15 is 0 Å². The zero-order valence-corrected chi connectivity index (χ0v) is 12.2. The molecule has 0 unspecified atom stereocenters. The Kier molecular flexibility index (Phi) is 3.25. The van der Waals surface area contributed by atoms with Gasteiger partial charge in [-0.3, -0.25) is 0 Å². The van der Waals surface area contributed by atoms with Crippen LogP contribution in [0.25, 0.3) is 16.9 Å². The van der Waals surface area contributed by atoms with E-state index in [4.69, 9.17) is 0 Å². The lowest BCUT2D eigenvalue weighted by atomic mass is 10.2. The van der Waals surface area contributed by atoms with Crippen LogP contribution in [0.2, 0.25) is 0 Å². The number of fused-ring (bicyclic) bond motifs is 1. The van der Waals surface area contributed by atoms with Gasteiger partial charge in [0.1, 0.15) is 11.6 Å². The van der Waals surface area contributed by atoms with Gasteiger partial charge in [-0.1, -0.05) is 25.0 Å². The van der Waals surface area contributed by atoms with Crippen molar-refractivity contribution in [3.63, 3.8) is 0 Å². The van der Waals surface area contributed by atoms with Crippen molar-refractivity contribution in [1.29, 1.82) is 0 Å². The topological polar surface area (TPSA) is 42.2 Å². The highest BCUT2D eigenvalue weighted by Gasteiger charge is 2.16. The molecule has 0 radical (unpaired) electrons. The largest absolute Gasteiger partial charge is 0.366 e. The number of hydrogen-bond acceptors (Lipinski definition) is 3. The number of rotatable bonds is 3. The first kappa shape index (κ1) is 13.2. The second-order valence-electron chi connectivity index (χ2n) is 5.77. The van der Waals surface area contributed by atoms with Crippen molar-refractivity contribution < 1.29 is 4.39 Å². The molecule has 1 N–H and O–H groups in total. The van der Waals surface area contributed by atoms with Gasteiger partial charge in [-0.25, -0.2) is 13.9 Å². The summed E-state index contributed by atoms with van der Waals surface area (Å²) in [6.07, 6.45) is 6.68. The highest BCUT2D eigenvalue weighted by molar-refractivity contribution is 5.63. The normalized spacial score (nSPS) is 15.5. The first-order valence-electron chi connectivity index (χ1n) is 7.67. The maximum atomic E-state index is 13.4. The standard InChI is InChI=1S/C17H17FN4/c18-13-5-3-4-12(10-13)15-11-19-17-9-8-16(21-22(15)17)20-14-6-1-2-7-14/h3-5,8-11,14H,1-2,6-7H2,(H,20,21). The molecule has 4 nitrogen and oxygen atoms in total. The van der Waals surface area contributed by atoms with Crippen LogP contribution in [-0.2, 0) is 0 Å². The van der Waals surface area contributed by atoms with Crippen LogP contribution in [0.3, 0.4) is 0 Å². The summed E-state index contributed by atoms with van der Waals surface area (Å²) < 4.78 is 15.2. The van der Waals surface area contributed by atoms with Crippen LogP contribution in [0.1, 0.15) is 25.7 Å². The number of hydrogen-bond donors (Lipinski definition) is 1. The minimum atomic E-state index is -0.257. The molecule has 0 atom stereocenters. The van der Waals surface area contributed by atoms with Crippen molar-refractivity contribution in [2.24, 2.45) is 0 Å². The van der Waals surface area contributed by atoms with E-state index in [1.54, 1.807) is 16.8 Å². The Morgan fingerprint density at radius 3 is 2.82 bits per heavy atom. The molecule has 2 aromatic heterocycles. The molecule has 1 fully saturated rings. The fourth-order valence-electron chi connectivity index (χ4n) is 3.07. The smallest absolute Gasteiger partial charge is 0.154 e. The summed E-state index contributed by atoms with van der Waals surface area (Å²) in [6, 6.07) is 10.9. The van der Waals surface area contributed by atoms with Crippen molar-refractivity contribution >= 4 is 11.5 Å². The van der Waals surface area contributed by atoms with Gasteiger partial charge in [0.05, 0.1) is 11.9 Å². The van der Waals surface area contributed by atoms with E-state index in [1.165, 1.54) is 37.8 Å². The third-order valence-corrected chi connectivity index (χ3v) is 4.19. The van der Waals surface area contributed by atoms with E-state index < -0.39 is 0 Å². The SMILES string of the molecule is Fc1cccc(-c2cnc3ccc(NC4CCCC4)nn23)c1. The molecule has 1 aliphatic rings. The van der Waals surface area contributed by atoms with Gasteiger partial charge in [-0.05, 0) is 37.1 Å². The van der Waals surface area contributed by atoms with E-state index in [9.17, 15) is 4.39 Å². The first-order valence-corrected chi connectivity index (χ1v) is 7.67. The van der Waals surface area contributed by atoms with Crippen molar-refractivity contribution in [3.05, 3.63) is 48.4 Å². The minimum absolute atomic E-state index is 0.257. The Balaban J connectivity index is 1.73. The number of nitrogens with zero attached hydrogens (tertiary/aromatic N) is 3. The quantitative estimate of drug-likeness (QED) is 0.797. The van der Waals surface area contributed by atoms with Crippen LogP contribution in [0.4, 0.5) is 10.2 Å². The van der Waals surface area contributed by atoms with Crippen molar-refractivity contribution in [2.75, 3.05) is 5.32 Å². The van der Waals surface area contributed by atoms with Crippen LogP contribution < -0.4 is 5.32 Å². The zero-order chi connectivity index (χ0) is 14.9. The summed E-state index contributed by atoms with van der Waals surface area (Å²) in [7, 11) is 0. The van der Waals surface area contributed by atoms with E-state index in [0.717, 1.165) is 22.7 Å². The number of anilines is 1. The Bertz CT molecular complexity index is 805. The Morgan fingerprint density at radius 2 is 2.00 bits per heavy atom. The summed E-state index contributed by atoms with van der Waals surface area (Å²) in [4.78, 5) is 4.35. The maximum Gasteiger partial charge on any atom is 0.154 e. The van der Waals surface area contributed by atoms with Gasteiger partial charge in [0, 0.05) is 11.6 Å². The second-order valence-corrected chi connectivity index (χ2v) is 5.77. The van der Waals surface area contributed by atoms with Gasteiger partial charge in [0.2, 0.25) is 0 Å². The number of benzene rings is 1. The van der Waals surface area contributed by atoms with Crippen molar-refractivity contribution in [3.8, 4) is 11.3 Å². The van der Waals surface area contributed by atoms with Gasteiger partial charge in [0.15, 0.2) is 5.65 Å². The third-order valence-electron chi connectivity index (χ3n) is 4.19. The molecule has 1 saturated carbocycles. The van der Waals surface area contributed by atoms with E-state index in [2.05, 4.69) is 15.4 Å². The van der Waals surface area contributed by atoms with Gasteiger partial charge in [0.25, 0.3) is 0 Å². The first-order chi connectivity index (χ1) is 10.8. The molecule has 112 valence electrons. The number of nitrogens with one attached hydrogen (secondary N) is 1. The van der Waals surface area contributed by atoms with Crippen LogP contribution >= 0.6 is 0 Å². The molecule has 5 heteroatoms. The summed E-state index contributed by atoms with van der Waals surface area (Å²) in [5.74, 6) is 0.586. The summed E-state index contributed by atoms with van der Waals surface area (Å²) in [5, 5.41) is 8.10. The van der Waals surface area contributed by atoms with Gasteiger partial charge < -0.3 is 5.32 Å². The van der Waals surface area contributed by atoms with Gasteiger partial charge in [-0.2, -0.15) is 0 Å². The van der Waals surface area contributed by atoms with E-state index in [-0.39, 0.29) is 5.82 Å². The Hall–Kier alpha value is -2.43. The second kappa shape index (κ2) is 5.40. The molecule has 1 aliphatic carbocycles. The highest BCUT2D eigenvalue weighted by atomic mass is 19.1. The molecule has 0 amide bonds. The number of imidazole rings is 1. The van der Waals surface area contributed by atoms with Crippen LogP contribution in [0.15, 0.2) is 42.6 Å². The van der Waals surface area contributed by atoms with Gasteiger partial charge in [-0.15, -0.1) is 5.10 Å². The zero-order valence-electron chi connectivity index (χ0n) is 12.2.